The smallest absolute Gasteiger partial charge is 0.225 e. The molecule has 0 bridgehead atoms. The first-order valence-electron chi connectivity index (χ1n) is 8.89. The molecule has 0 unspecified atom stereocenters. The Balaban J connectivity index is 2.24. The van der Waals surface area contributed by atoms with Crippen LogP contribution >= 0.6 is 0 Å². The highest BCUT2D eigenvalue weighted by atomic mass is 19.1. The number of halogens is 1. The van der Waals surface area contributed by atoms with Crippen molar-refractivity contribution in [1.82, 2.24) is 10.2 Å². The predicted octanol–water partition coefficient (Wildman–Crippen LogP) is 1.90. The Bertz CT molecular complexity index is 611. The first kappa shape index (κ1) is 20.3. The van der Waals surface area contributed by atoms with Crippen molar-refractivity contribution in [3.63, 3.8) is 0 Å². The van der Waals surface area contributed by atoms with Crippen molar-refractivity contribution in [3.05, 3.63) is 35.6 Å². The summed E-state index contributed by atoms with van der Waals surface area (Å²) in [5.74, 6) is -1.15. The van der Waals surface area contributed by atoms with Crippen LogP contribution in [0.2, 0.25) is 0 Å². The molecule has 26 heavy (non-hydrogen) atoms. The fourth-order valence-electron chi connectivity index (χ4n) is 3.34. The number of carbonyl (C=O) groups is 2. The second-order valence-electron chi connectivity index (χ2n) is 6.33. The Hall–Kier alpha value is -1.99. The maximum Gasteiger partial charge on any atom is 0.225 e. The topological polar surface area (TPSA) is 67.9 Å². The molecule has 1 aliphatic rings. The highest BCUT2D eigenvalue weighted by Gasteiger charge is 2.41. The average Bonchev–Trinajstić information content (AvgIpc) is 2.64. The number of ether oxygens (including phenoxy) is 2. The van der Waals surface area contributed by atoms with Crippen LogP contribution in [0.4, 0.5) is 4.39 Å². The minimum Gasteiger partial charge on any atom is -0.385 e. The number of hydrogen-bond acceptors (Lipinski definition) is 4. The summed E-state index contributed by atoms with van der Waals surface area (Å²) in [5, 5.41) is 2.89. The Labute approximate surface area is 153 Å². The summed E-state index contributed by atoms with van der Waals surface area (Å²) in [7, 11) is 3.16. The lowest BCUT2D eigenvalue weighted by atomic mass is 9.83. The van der Waals surface area contributed by atoms with E-state index in [0.717, 1.165) is 0 Å². The van der Waals surface area contributed by atoms with Gasteiger partial charge >= 0.3 is 0 Å². The van der Waals surface area contributed by atoms with Crippen LogP contribution in [0.3, 0.4) is 0 Å². The SMILES string of the molecule is COCCCNC(=O)[C@@H]1CCC(=O)N(CCOC)[C@H]1c1ccccc1F. The van der Waals surface area contributed by atoms with Crippen molar-refractivity contribution in [2.75, 3.05) is 40.5 Å². The molecule has 0 aliphatic carbocycles. The van der Waals surface area contributed by atoms with Crippen LogP contribution in [0, 0.1) is 11.7 Å². The molecule has 1 N–H and O–H groups in total. The maximum atomic E-state index is 14.5. The molecule has 1 fully saturated rings. The Morgan fingerprint density at radius 1 is 1.27 bits per heavy atom. The summed E-state index contributed by atoms with van der Waals surface area (Å²) < 4.78 is 24.5. The molecule has 1 aromatic carbocycles. The second-order valence-corrected chi connectivity index (χ2v) is 6.33. The molecule has 0 radical (unpaired) electrons. The van der Waals surface area contributed by atoms with Gasteiger partial charge in [0.15, 0.2) is 0 Å². The van der Waals surface area contributed by atoms with Crippen LogP contribution in [0.25, 0.3) is 0 Å². The van der Waals surface area contributed by atoms with Gasteiger partial charge in [0, 0.05) is 45.9 Å². The number of piperidine rings is 1. The van der Waals surface area contributed by atoms with E-state index < -0.39 is 17.8 Å². The van der Waals surface area contributed by atoms with E-state index in [0.29, 0.717) is 44.7 Å². The van der Waals surface area contributed by atoms with Gasteiger partial charge in [-0.15, -0.1) is 0 Å². The largest absolute Gasteiger partial charge is 0.385 e. The van der Waals surface area contributed by atoms with Crippen molar-refractivity contribution in [2.24, 2.45) is 5.92 Å². The zero-order valence-electron chi connectivity index (χ0n) is 15.4. The summed E-state index contributed by atoms with van der Waals surface area (Å²) in [6.45, 7) is 1.69. The van der Waals surface area contributed by atoms with Gasteiger partial charge in [-0.05, 0) is 18.9 Å². The summed E-state index contributed by atoms with van der Waals surface area (Å²) in [4.78, 5) is 26.8. The molecular weight excluding hydrogens is 339 g/mol. The van der Waals surface area contributed by atoms with Gasteiger partial charge in [-0.25, -0.2) is 4.39 Å². The third kappa shape index (κ3) is 5.02. The van der Waals surface area contributed by atoms with Crippen LogP contribution in [-0.4, -0.2) is 57.2 Å². The lowest BCUT2D eigenvalue weighted by Crippen LogP contribution is -2.49. The Kier molecular flexibility index (Phi) is 8.00. The van der Waals surface area contributed by atoms with Crippen molar-refractivity contribution < 1.29 is 23.5 Å². The summed E-state index contributed by atoms with van der Waals surface area (Å²) in [6.07, 6.45) is 1.37. The standard InChI is InChI=1S/C19H27FN2O4/c1-25-12-5-10-21-19(24)15-8-9-17(23)22(11-13-26-2)18(15)14-6-3-4-7-16(14)20/h3-4,6-7,15,18H,5,8-13H2,1-2H3,(H,21,24)/t15-,18+/m1/s1. The van der Waals surface area contributed by atoms with Crippen molar-refractivity contribution >= 4 is 11.8 Å². The minimum atomic E-state index is -0.630. The third-order valence-corrected chi connectivity index (χ3v) is 4.63. The average molecular weight is 366 g/mol. The Morgan fingerprint density at radius 2 is 2.00 bits per heavy atom. The van der Waals surface area contributed by atoms with Crippen LogP contribution in [-0.2, 0) is 19.1 Å². The number of rotatable bonds is 9. The zero-order chi connectivity index (χ0) is 18.9. The van der Waals surface area contributed by atoms with Crippen LogP contribution in [0.5, 0.6) is 0 Å². The van der Waals surface area contributed by atoms with E-state index in [-0.39, 0.29) is 18.2 Å². The van der Waals surface area contributed by atoms with E-state index >= 15 is 0 Å². The van der Waals surface area contributed by atoms with E-state index in [2.05, 4.69) is 5.32 Å². The summed E-state index contributed by atoms with van der Waals surface area (Å²) >= 11 is 0. The predicted molar refractivity (Wildman–Crippen MR) is 95.0 cm³/mol. The highest BCUT2D eigenvalue weighted by molar-refractivity contribution is 5.85. The number of likely N-dealkylation sites (tertiary alicyclic amines) is 1. The molecular formula is C19H27FN2O4. The normalized spacial score (nSPS) is 20.3. The van der Waals surface area contributed by atoms with Crippen molar-refractivity contribution in [1.29, 1.82) is 0 Å². The molecule has 2 atom stereocenters. The molecule has 144 valence electrons. The van der Waals surface area contributed by atoms with Gasteiger partial charge in [0.05, 0.1) is 18.6 Å². The van der Waals surface area contributed by atoms with Crippen molar-refractivity contribution in [3.8, 4) is 0 Å². The van der Waals surface area contributed by atoms with Gasteiger partial charge in [0.2, 0.25) is 11.8 Å². The number of benzene rings is 1. The van der Waals surface area contributed by atoms with E-state index in [4.69, 9.17) is 9.47 Å². The van der Waals surface area contributed by atoms with Gasteiger partial charge in [0.1, 0.15) is 5.82 Å². The molecule has 0 aromatic heterocycles. The molecule has 0 spiro atoms. The number of nitrogens with one attached hydrogen (secondary N) is 1. The van der Waals surface area contributed by atoms with Gasteiger partial charge in [-0.1, -0.05) is 18.2 Å². The number of carbonyl (C=O) groups excluding carboxylic acids is 2. The molecule has 2 amide bonds. The van der Waals surface area contributed by atoms with E-state index in [1.165, 1.54) is 6.07 Å². The van der Waals surface area contributed by atoms with Gasteiger partial charge in [0.25, 0.3) is 0 Å². The number of methoxy groups -OCH3 is 2. The number of nitrogens with zero attached hydrogens (tertiary/aromatic N) is 1. The first-order chi connectivity index (χ1) is 12.6. The van der Waals surface area contributed by atoms with Crippen LogP contribution < -0.4 is 5.32 Å². The molecule has 7 heteroatoms. The maximum absolute atomic E-state index is 14.5. The highest BCUT2D eigenvalue weighted by Crippen LogP contribution is 2.37. The Morgan fingerprint density at radius 3 is 2.69 bits per heavy atom. The van der Waals surface area contributed by atoms with Gasteiger partial charge in [-0.2, -0.15) is 0 Å². The van der Waals surface area contributed by atoms with Crippen LogP contribution in [0.1, 0.15) is 30.9 Å². The molecule has 1 aliphatic heterocycles. The molecule has 1 aromatic rings. The van der Waals surface area contributed by atoms with E-state index in [1.807, 2.05) is 0 Å². The lowest BCUT2D eigenvalue weighted by molar-refractivity contribution is -0.144. The summed E-state index contributed by atoms with van der Waals surface area (Å²) in [5.41, 5.74) is 0.369. The zero-order valence-corrected chi connectivity index (χ0v) is 15.4. The molecule has 6 nitrogen and oxygen atoms in total. The molecule has 2 rings (SSSR count). The third-order valence-electron chi connectivity index (χ3n) is 4.63. The van der Waals surface area contributed by atoms with Gasteiger partial charge < -0.3 is 19.7 Å². The molecule has 1 saturated heterocycles. The molecule has 1 heterocycles. The first-order valence-corrected chi connectivity index (χ1v) is 8.89. The number of amides is 2. The number of hydrogen-bond donors (Lipinski definition) is 1. The fourth-order valence-corrected chi connectivity index (χ4v) is 3.34. The summed E-state index contributed by atoms with van der Waals surface area (Å²) in [6, 6.07) is 5.69. The minimum absolute atomic E-state index is 0.0845. The van der Waals surface area contributed by atoms with Gasteiger partial charge in [-0.3, -0.25) is 9.59 Å². The van der Waals surface area contributed by atoms with E-state index in [1.54, 1.807) is 37.3 Å². The quantitative estimate of drug-likeness (QED) is 0.678. The fraction of sp³-hybridized carbons (Fsp3) is 0.579. The lowest BCUT2D eigenvalue weighted by Gasteiger charge is -2.40. The van der Waals surface area contributed by atoms with Crippen molar-refractivity contribution in [2.45, 2.75) is 25.3 Å². The monoisotopic (exact) mass is 366 g/mol. The molecule has 0 saturated carbocycles. The van der Waals surface area contributed by atoms with E-state index in [9.17, 15) is 14.0 Å². The van der Waals surface area contributed by atoms with Crippen LogP contribution in [0.15, 0.2) is 24.3 Å². The second kappa shape index (κ2) is 10.2.